The number of furan rings is 1. The summed E-state index contributed by atoms with van der Waals surface area (Å²) in [4.78, 5) is 0. The number of aryl methyl sites for hydroxylation is 1. The highest BCUT2D eigenvalue weighted by molar-refractivity contribution is 6.30. The Morgan fingerprint density at radius 3 is 2.67 bits per heavy atom. The van der Waals surface area contributed by atoms with Gasteiger partial charge in [0, 0.05) is 10.6 Å². The van der Waals surface area contributed by atoms with E-state index in [9.17, 15) is 4.39 Å². The number of rotatable bonds is 4. The first-order valence-electron chi connectivity index (χ1n) is 5.86. The number of hydrogen-bond acceptors (Lipinski definition) is 2. The van der Waals surface area contributed by atoms with Crippen molar-refractivity contribution in [2.24, 2.45) is 0 Å². The monoisotopic (exact) mass is 267 g/mol. The summed E-state index contributed by atoms with van der Waals surface area (Å²) < 4.78 is 19.5. The van der Waals surface area contributed by atoms with E-state index in [4.69, 9.17) is 16.0 Å². The van der Waals surface area contributed by atoms with E-state index < -0.39 is 0 Å². The Morgan fingerprint density at radius 2 is 2.11 bits per heavy atom. The lowest BCUT2D eigenvalue weighted by Crippen LogP contribution is -2.22. The third kappa shape index (κ3) is 2.74. The van der Waals surface area contributed by atoms with Gasteiger partial charge < -0.3 is 9.73 Å². The third-order valence-electron chi connectivity index (χ3n) is 2.73. The minimum absolute atomic E-state index is 0.291. The fourth-order valence-electron chi connectivity index (χ4n) is 1.91. The molecule has 18 heavy (non-hydrogen) atoms. The molecule has 0 aliphatic carbocycles. The summed E-state index contributed by atoms with van der Waals surface area (Å²) in [5.74, 6) is 1.18. The maximum Gasteiger partial charge on any atom is 0.129 e. The van der Waals surface area contributed by atoms with Crippen molar-refractivity contribution in [2.75, 3.05) is 6.54 Å². The molecule has 0 amide bonds. The summed E-state index contributed by atoms with van der Waals surface area (Å²) in [5, 5.41) is 3.60. The molecule has 1 heterocycles. The van der Waals surface area contributed by atoms with E-state index in [-0.39, 0.29) is 11.9 Å². The predicted octanol–water partition coefficient (Wildman–Crippen LogP) is 4.08. The SMILES string of the molecule is CCNC(c1ccc(C)o1)c1ccc(Cl)cc1F. The van der Waals surface area contributed by atoms with Gasteiger partial charge in [-0.05, 0) is 37.7 Å². The summed E-state index contributed by atoms with van der Waals surface area (Å²) in [5.41, 5.74) is 0.538. The van der Waals surface area contributed by atoms with Crippen LogP contribution >= 0.6 is 11.6 Å². The second-order valence-corrected chi connectivity index (χ2v) is 4.54. The van der Waals surface area contributed by atoms with Crippen LogP contribution in [-0.4, -0.2) is 6.54 Å². The summed E-state index contributed by atoms with van der Waals surface area (Å²) in [6.07, 6.45) is 0. The van der Waals surface area contributed by atoms with Crippen molar-refractivity contribution in [2.45, 2.75) is 19.9 Å². The van der Waals surface area contributed by atoms with Crippen LogP contribution in [0.4, 0.5) is 4.39 Å². The minimum atomic E-state index is -0.331. The van der Waals surface area contributed by atoms with Crippen molar-refractivity contribution in [3.63, 3.8) is 0 Å². The molecule has 0 fully saturated rings. The molecule has 0 bridgehead atoms. The molecule has 0 spiro atoms. The van der Waals surface area contributed by atoms with E-state index >= 15 is 0 Å². The average molecular weight is 268 g/mol. The van der Waals surface area contributed by atoms with Crippen LogP contribution < -0.4 is 5.32 Å². The molecule has 0 saturated carbocycles. The van der Waals surface area contributed by atoms with E-state index in [2.05, 4.69) is 5.32 Å². The minimum Gasteiger partial charge on any atom is -0.464 e. The number of hydrogen-bond donors (Lipinski definition) is 1. The molecule has 0 radical (unpaired) electrons. The van der Waals surface area contributed by atoms with Crippen molar-refractivity contribution in [1.82, 2.24) is 5.32 Å². The van der Waals surface area contributed by atoms with E-state index in [1.807, 2.05) is 26.0 Å². The molecule has 0 aliphatic heterocycles. The van der Waals surface area contributed by atoms with Gasteiger partial charge in [-0.15, -0.1) is 0 Å². The summed E-state index contributed by atoms with van der Waals surface area (Å²) in [7, 11) is 0. The quantitative estimate of drug-likeness (QED) is 0.903. The fraction of sp³-hybridized carbons (Fsp3) is 0.286. The molecular weight excluding hydrogens is 253 g/mol. The zero-order valence-electron chi connectivity index (χ0n) is 10.3. The summed E-state index contributed by atoms with van der Waals surface area (Å²) in [6, 6.07) is 8.12. The highest BCUT2D eigenvalue weighted by Crippen LogP contribution is 2.27. The van der Waals surface area contributed by atoms with Crippen molar-refractivity contribution < 1.29 is 8.81 Å². The standard InChI is InChI=1S/C14H15ClFNO/c1-3-17-14(13-7-4-9(2)18-13)11-6-5-10(15)8-12(11)16/h4-8,14,17H,3H2,1-2H3. The fourth-order valence-corrected chi connectivity index (χ4v) is 2.07. The summed E-state index contributed by atoms with van der Waals surface area (Å²) >= 11 is 5.76. The highest BCUT2D eigenvalue weighted by atomic mass is 35.5. The van der Waals surface area contributed by atoms with Gasteiger partial charge in [0.25, 0.3) is 0 Å². The lowest BCUT2D eigenvalue weighted by Gasteiger charge is -2.17. The van der Waals surface area contributed by atoms with Gasteiger partial charge in [0.05, 0.1) is 6.04 Å². The van der Waals surface area contributed by atoms with Crippen LogP contribution in [0.1, 0.15) is 30.0 Å². The molecule has 2 aromatic rings. The van der Waals surface area contributed by atoms with Crippen LogP contribution in [0.25, 0.3) is 0 Å². The Morgan fingerprint density at radius 1 is 1.33 bits per heavy atom. The molecule has 0 saturated heterocycles. The van der Waals surface area contributed by atoms with Crippen LogP contribution in [0.3, 0.4) is 0 Å². The predicted molar refractivity (Wildman–Crippen MR) is 70.4 cm³/mol. The van der Waals surface area contributed by atoms with Gasteiger partial charge in [-0.25, -0.2) is 4.39 Å². The van der Waals surface area contributed by atoms with Crippen molar-refractivity contribution in [3.8, 4) is 0 Å². The molecule has 2 nitrogen and oxygen atoms in total. The molecule has 1 atom stereocenters. The van der Waals surface area contributed by atoms with Gasteiger partial charge >= 0.3 is 0 Å². The lowest BCUT2D eigenvalue weighted by molar-refractivity contribution is 0.426. The van der Waals surface area contributed by atoms with Crippen molar-refractivity contribution in [1.29, 1.82) is 0 Å². The first-order valence-corrected chi connectivity index (χ1v) is 6.24. The maximum absolute atomic E-state index is 14.0. The van der Waals surface area contributed by atoms with Crippen LogP contribution in [0.5, 0.6) is 0 Å². The molecule has 96 valence electrons. The van der Waals surface area contributed by atoms with Gasteiger partial charge in [0.2, 0.25) is 0 Å². The van der Waals surface area contributed by atoms with Crippen LogP contribution in [0, 0.1) is 12.7 Å². The van der Waals surface area contributed by atoms with Gasteiger partial charge in [-0.1, -0.05) is 24.6 Å². The van der Waals surface area contributed by atoms with E-state index in [1.54, 1.807) is 12.1 Å². The van der Waals surface area contributed by atoms with Gasteiger partial charge in [-0.2, -0.15) is 0 Å². The molecule has 2 rings (SSSR count). The highest BCUT2D eigenvalue weighted by Gasteiger charge is 2.20. The molecular formula is C14H15ClFNO. The van der Waals surface area contributed by atoms with E-state index in [1.165, 1.54) is 6.07 Å². The number of benzene rings is 1. The number of halogens is 2. The topological polar surface area (TPSA) is 25.2 Å². The zero-order chi connectivity index (χ0) is 13.1. The van der Waals surface area contributed by atoms with Gasteiger partial charge in [-0.3, -0.25) is 0 Å². The second-order valence-electron chi connectivity index (χ2n) is 4.10. The van der Waals surface area contributed by atoms with Crippen LogP contribution in [0.15, 0.2) is 34.7 Å². The maximum atomic E-state index is 14.0. The smallest absolute Gasteiger partial charge is 0.129 e. The Balaban J connectivity index is 2.41. The van der Waals surface area contributed by atoms with Crippen molar-refractivity contribution in [3.05, 3.63) is 58.3 Å². The molecule has 1 N–H and O–H groups in total. The molecule has 4 heteroatoms. The Hall–Kier alpha value is -1.32. The first kappa shape index (κ1) is 13.1. The largest absolute Gasteiger partial charge is 0.464 e. The third-order valence-corrected chi connectivity index (χ3v) is 2.96. The second kappa shape index (κ2) is 5.55. The van der Waals surface area contributed by atoms with E-state index in [0.717, 1.165) is 5.76 Å². The van der Waals surface area contributed by atoms with E-state index in [0.29, 0.717) is 22.9 Å². The Labute approximate surface area is 111 Å². The lowest BCUT2D eigenvalue weighted by atomic mass is 10.0. The normalized spacial score (nSPS) is 12.7. The Bertz CT molecular complexity index is 538. The molecule has 1 aromatic heterocycles. The van der Waals surface area contributed by atoms with Crippen molar-refractivity contribution >= 4 is 11.6 Å². The molecule has 1 unspecified atom stereocenters. The Kier molecular flexibility index (Phi) is 4.04. The van der Waals surface area contributed by atoms with Crippen LogP contribution in [0.2, 0.25) is 5.02 Å². The van der Waals surface area contributed by atoms with Crippen LogP contribution in [-0.2, 0) is 0 Å². The average Bonchev–Trinajstić information content (AvgIpc) is 2.73. The van der Waals surface area contributed by atoms with Gasteiger partial charge in [0.15, 0.2) is 0 Å². The first-order chi connectivity index (χ1) is 8.61. The number of nitrogens with one attached hydrogen (secondary N) is 1. The van der Waals surface area contributed by atoms with Gasteiger partial charge in [0.1, 0.15) is 17.3 Å². The molecule has 0 aliphatic rings. The molecule has 1 aromatic carbocycles. The summed E-state index contributed by atoms with van der Waals surface area (Å²) in [6.45, 7) is 4.55. The zero-order valence-corrected chi connectivity index (χ0v) is 11.1.